The lowest BCUT2D eigenvalue weighted by atomic mass is 9.76. The number of nitrogens with zero attached hydrogens (tertiary/aromatic N) is 1. The summed E-state index contributed by atoms with van der Waals surface area (Å²) in [5.74, 6) is -0.709. The SMILES string of the molecule is COc1cc(NC(=O)OCCN(C)[C@H]2CC[C@H](c3ccsc3[C@@](O)(C(=O)O)C3CCCC3)CC2)c(Cl)cc1CNC[C@H](O[Si](C)(C)C(C)(C)C)c1ccc(O)c2[nH]c(=O)ccc12. The highest BCUT2D eigenvalue weighted by Crippen LogP contribution is 2.48. The molecule has 2 fully saturated rings. The van der Waals surface area contributed by atoms with Gasteiger partial charge in [-0.1, -0.05) is 51.3 Å². The zero-order chi connectivity index (χ0) is 45.0. The number of carbonyl (C=O) groups is 2. The van der Waals surface area contributed by atoms with Gasteiger partial charge >= 0.3 is 12.1 Å². The largest absolute Gasteiger partial charge is 0.506 e. The van der Waals surface area contributed by atoms with Crippen LogP contribution in [0.4, 0.5) is 10.5 Å². The molecule has 1 amide bonds. The zero-order valence-corrected chi connectivity index (χ0v) is 39.5. The third kappa shape index (κ3) is 10.5. The number of benzene rings is 2. The van der Waals surface area contributed by atoms with E-state index >= 15 is 0 Å². The number of ether oxygens (including phenoxy) is 2. The van der Waals surface area contributed by atoms with E-state index in [4.69, 9.17) is 25.5 Å². The number of aromatic nitrogens is 1. The summed E-state index contributed by atoms with van der Waals surface area (Å²) in [5, 5.41) is 41.4. The van der Waals surface area contributed by atoms with Gasteiger partial charge in [-0.05, 0) is 110 Å². The van der Waals surface area contributed by atoms with Gasteiger partial charge in [0.2, 0.25) is 5.56 Å². The monoisotopic (exact) mass is 910 g/mol. The molecule has 2 atom stereocenters. The minimum absolute atomic E-state index is 0.0147. The van der Waals surface area contributed by atoms with Crippen molar-refractivity contribution in [3.05, 3.63) is 84.8 Å². The molecule has 0 radical (unpaired) electrons. The number of phenols is 1. The second kappa shape index (κ2) is 19.8. The number of hydrogen-bond acceptors (Lipinski definition) is 11. The zero-order valence-electron chi connectivity index (χ0n) is 36.9. The Morgan fingerprint density at radius 3 is 2.42 bits per heavy atom. The van der Waals surface area contributed by atoms with Crippen molar-refractivity contribution < 1.29 is 38.8 Å². The maximum Gasteiger partial charge on any atom is 0.411 e. The summed E-state index contributed by atoms with van der Waals surface area (Å²) < 4.78 is 18.2. The highest BCUT2D eigenvalue weighted by atomic mass is 35.5. The smallest absolute Gasteiger partial charge is 0.411 e. The van der Waals surface area contributed by atoms with E-state index in [9.17, 15) is 29.7 Å². The van der Waals surface area contributed by atoms with Crippen LogP contribution in [-0.2, 0) is 26.1 Å². The summed E-state index contributed by atoms with van der Waals surface area (Å²) in [7, 11) is 1.29. The van der Waals surface area contributed by atoms with Crippen molar-refractivity contribution in [2.45, 2.75) is 120 Å². The van der Waals surface area contributed by atoms with E-state index in [2.05, 4.69) is 54.4 Å². The van der Waals surface area contributed by atoms with Gasteiger partial charge in [0.25, 0.3) is 0 Å². The second-order valence-corrected chi connectivity index (χ2v) is 24.5. The van der Waals surface area contributed by atoms with E-state index in [1.807, 2.05) is 24.6 Å². The predicted molar refractivity (Wildman–Crippen MR) is 247 cm³/mol. The molecule has 16 heteroatoms. The molecule has 0 spiro atoms. The number of H-pyrrole nitrogens is 1. The topological polar surface area (TPSA) is 183 Å². The molecule has 338 valence electrons. The van der Waals surface area contributed by atoms with Crippen molar-refractivity contribution in [3.8, 4) is 11.5 Å². The summed E-state index contributed by atoms with van der Waals surface area (Å²) >= 11 is 8.08. The van der Waals surface area contributed by atoms with Crippen molar-refractivity contribution >= 4 is 59.9 Å². The number of carboxylic acid groups (broad SMARTS) is 1. The molecule has 0 aliphatic heterocycles. The lowest BCUT2D eigenvalue weighted by molar-refractivity contribution is -0.166. The van der Waals surface area contributed by atoms with Crippen molar-refractivity contribution in [1.82, 2.24) is 15.2 Å². The maximum atomic E-state index is 13.0. The normalized spacial score (nSPS) is 19.1. The molecule has 2 aromatic heterocycles. The molecule has 0 saturated heterocycles. The van der Waals surface area contributed by atoms with Gasteiger partial charge in [-0.3, -0.25) is 10.1 Å². The van der Waals surface area contributed by atoms with Gasteiger partial charge in [0, 0.05) is 54.7 Å². The molecule has 4 aromatic rings. The third-order valence-corrected chi connectivity index (χ3v) is 19.4. The van der Waals surface area contributed by atoms with E-state index < -0.39 is 32.1 Å². The lowest BCUT2D eigenvalue weighted by Crippen LogP contribution is -2.43. The molecule has 2 aromatic carbocycles. The first kappa shape index (κ1) is 47.5. The molecular weight excluding hydrogens is 848 g/mol. The first-order valence-electron chi connectivity index (χ1n) is 21.6. The molecule has 6 rings (SSSR count). The van der Waals surface area contributed by atoms with Gasteiger partial charge in [0.05, 0.1) is 34.3 Å². The summed E-state index contributed by atoms with van der Waals surface area (Å²) in [6, 6.07) is 12.3. The number of likely N-dealkylation sites (N-methyl/N-ethyl adjacent to an activating group) is 1. The number of aliphatic carboxylic acids is 1. The van der Waals surface area contributed by atoms with Crippen LogP contribution in [0, 0.1) is 5.92 Å². The van der Waals surface area contributed by atoms with Crippen LogP contribution in [0.2, 0.25) is 23.2 Å². The van der Waals surface area contributed by atoms with E-state index in [1.165, 1.54) is 17.4 Å². The second-order valence-electron chi connectivity index (χ2n) is 18.4. The number of pyridine rings is 1. The number of aromatic hydroxyl groups is 1. The number of carbonyl (C=O) groups excluding carboxylic acids is 1. The van der Waals surface area contributed by atoms with Crippen molar-refractivity contribution in [3.63, 3.8) is 0 Å². The first-order valence-corrected chi connectivity index (χ1v) is 25.8. The number of methoxy groups -OCH3 is 1. The first-order chi connectivity index (χ1) is 29.3. The Balaban J connectivity index is 1.02. The number of anilines is 1. The summed E-state index contributed by atoms with van der Waals surface area (Å²) in [4.78, 5) is 43.1. The van der Waals surface area contributed by atoms with E-state index in [0.29, 0.717) is 51.9 Å². The number of phenolic OH excluding ortho intramolecular Hbond substituents is 1. The number of carboxylic acids is 1. The van der Waals surface area contributed by atoms with Gasteiger partial charge in [0.15, 0.2) is 13.9 Å². The molecule has 2 heterocycles. The number of aromatic amines is 1. The number of nitrogens with one attached hydrogen (secondary N) is 3. The van der Waals surface area contributed by atoms with Crippen LogP contribution in [0.5, 0.6) is 11.5 Å². The van der Waals surface area contributed by atoms with Crippen molar-refractivity contribution in [1.29, 1.82) is 0 Å². The Labute approximate surface area is 374 Å². The van der Waals surface area contributed by atoms with Crippen molar-refractivity contribution in [2.75, 3.05) is 39.2 Å². The fourth-order valence-corrected chi connectivity index (χ4v) is 11.5. The fourth-order valence-electron chi connectivity index (χ4n) is 8.83. The average Bonchev–Trinajstić information content (AvgIpc) is 3.95. The van der Waals surface area contributed by atoms with E-state index in [-0.39, 0.29) is 40.8 Å². The number of fused-ring (bicyclic) bond motifs is 1. The van der Waals surface area contributed by atoms with Gasteiger partial charge in [-0.2, -0.15) is 0 Å². The minimum Gasteiger partial charge on any atom is -0.506 e. The van der Waals surface area contributed by atoms with Gasteiger partial charge in [-0.25, -0.2) is 9.59 Å². The van der Waals surface area contributed by atoms with E-state index in [1.54, 1.807) is 31.4 Å². The summed E-state index contributed by atoms with van der Waals surface area (Å²) in [5.41, 5.74) is 1.15. The number of halogens is 1. The molecule has 0 bridgehead atoms. The van der Waals surface area contributed by atoms with E-state index in [0.717, 1.165) is 68.1 Å². The molecule has 2 aliphatic carbocycles. The number of aliphatic hydroxyl groups is 1. The quantitative estimate of drug-likeness (QED) is 0.0555. The number of hydrogen-bond donors (Lipinski definition) is 6. The van der Waals surface area contributed by atoms with Crippen molar-refractivity contribution in [2.24, 2.45) is 5.92 Å². The molecule has 2 saturated carbocycles. The predicted octanol–water partition coefficient (Wildman–Crippen LogP) is 9.48. The molecule has 2 aliphatic rings. The Morgan fingerprint density at radius 1 is 1.05 bits per heavy atom. The van der Waals surface area contributed by atoms with Gasteiger partial charge in [-0.15, -0.1) is 11.3 Å². The van der Waals surface area contributed by atoms with Crippen LogP contribution < -0.4 is 20.9 Å². The van der Waals surface area contributed by atoms with Crippen LogP contribution in [0.3, 0.4) is 0 Å². The Hall–Kier alpha value is -3.96. The highest BCUT2D eigenvalue weighted by molar-refractivity contribution is 7.10. The Kier molecular flexibility index (Phi) is 15.2. The maximum absolute atomic E-state index is 13.0. The number of rotatable bonds is 17. The Bertz CT molecular complexity index is 2260. The standard InChI is InChI=1S/C46H63ClN4O9SSi/c1-45(2,3)62(6,7)60-39(33-16-18-37(52)41-34(33)17-19-40(53)50-41)27-48-26-29-24-35(47)36(25-38(29)58-5)49-44(56)59-22-21-51(4)31-14-12-28(13-15-31)32-20-23-61-42(32)46(57,43(54)55)30-10-8-9-11-30/h16-20,23-25,28,30-31,39,48,52,57H,8-15,21-22,26-27H2,1-7H3,(H,49,56)(H,50,53)(H,54,55)/t28-,31-,39-,46+/m0/s1. The van der Waals surface area contributed by atoms with Crippen LogP contribution in [0.25, 0.3) is 10.9 Å². The third-order valence-electron chi connectivity index (χ3n) is 13.5. The summed E-state index contributed by atoms with van der Waals surface area (Å²) in [6.45, 7) is 12.4. The van der Waals surface area contributed by atoms with Crippen LogP contribution in [-0.4, -0.2) is 85.5 Å². The van der Waals surface area contributed by atoms with Crippen LogP contribution in [0.15, 0.2) is 52.6 Å². The fraction of sp³-hybridized carbons (Fsp3) is 0.543. The minimum atomic E-state index is -2.29. The average molecular weight is 912 g/mol. The lowest BCUT2D eigenvalue weighted by Gasteiger charge is -2.39. The molecule has 62 heavy (non-hydrogen) atoms. The molecule has 0 unspecified atom stereocenters. The van der Waals surface area contributed by atoms with Gasteiger partial charge < -0.3 is 44.4 Å². The number of amides is 1. The number of thiophene rings is 1. The summed E-state index contributed by atoms with van der Waals surface area (Å²) in [6.07, 6.45) is 5.90. The van der Waals surface area contributed by atoms with Crippen LogP contribution >= 0.6 is 22.9 Å². The highest BCUT2D eigenvalue weighted by Gasteiger charge is 2.49. The van der Waals surface area contributed by atoms with Gasteiger partial charge in [0.1, 0.15) is 18.1 Å². The Morgan fingerprint density at radius 2 is 1.76 bits per heavy atom. The molecular formula is C46H63ClN4O9SSi. The van der Waals surface area contributed by atoms with Crippen LogP contribution in [0.1, 0.15) is 106 Å². The molecule has 6 N–H and O–H groups in total. The molecule has 13 nitrogen and oxygen atoms in total.